The minimum absolute atomic E-state index is 0.0317. The van der Waals surface area contributed by atoms with Crippen molar-refractivity contribution in [3.05, 3.63) is 29.3 Å². The third-order valence-electron chi connectivity index (χ3n) is 3.68. The standard InChI is InChI=1S/C17H26N2O5S/c1-5-10-18-16(20)12-24-17(21)15-11-14(9-8-13(15)4)25(22,23)19(6-2)7-3/h8-9,11H,5-7,10,12H2,1-4H3,(H,18,20). The lowest BCUT2D eigenvalue weighted by molar-refractivity contribution is -0.124. The van der Waals surface area contributed by atoms with Crippen LogP contribution in [0.1, 0.15) is 43.1 Å². The number of nitrogens with one attached hydrogen (secondary N) is 1. The van der Waals surface area contributed by atoms with Gasteiger partial charge in [-0.3, -0.25) is 4.79 Å². The number of sulfonamides is 1. The first-order chi connectivity index (χ1) is 11.8. The van der Waals surface area contributed by atoms with Crippen LogP contribution in [0.5, 0.6) is 0 Å². The smallest absolute Gasteiger partial charge is 0.338 e. The number of nitrogens with zero attached hydrogens (tertiary/aromatic N) is 1. The molecule has 0 saturated carbocycles. The van der Waals surface area contributed by atoms with Gasteiger partial charge in [-0.1, -0.05) is 26.8 Å². The summed E-state index contributed by atoms with van der Waals surface area (Å²) in [6, 6.07) is 4.33. The molecule has 0 bridgehead atoms. The van der Waals surface area contributed by atoms with Gasteiger partial charge >= 0.3 is 5.97 Å². The minimum Gasteiger partial charge on any atom is -0.452 e. The van der Waals surface area contributed by atoms with E-state index in [9.17, 15) is 18.0 Å². The van der Waals surface area contributed by atoms with Crippen molar-refractivity contribution in [3.63, 3.8) is 0 Å². The maximum Gasteiger partial charge on any atom is 0.338 e. The summed E-state index contributed by atoms with van der Waals surface area (Å²) in [7, 11) is -3.67. The molecule has 0 aliphatic carbocycles. The summed E-state index contributed by atoms with van der Waals surface area (Å²) in [5, 5.41) is 2.60. The highest BCUT2D eigenvalue weighted by atomic mass is 32.2. The summed E-state index contributed by atoms with van der Waals surface area (Å²) in [5.41, 5.74) is 0.717. The molecule has 1 aromatic carbocycles. The van der Waals surface area contributed by atoms with Gasteiger partial charge in [0.05, 0.1) is 10.5 Å². The molecular weight excluding hydrogens is 344 g/mol. The lowest BCUT2D eigenvalue weighted by Crippen LogP contribution is -2.31. The molecule has 1 aromatic rings. The number of ether oxygens (including phenoxy) is 1. The first-order valence-electron chi connectivity index (χ1n) is 8.32. The summed E-state index contributed by atoms with van der Waals surface area (Å²) < 4.78 is 31.4. The van der Waals surface area contributed by atoms with Gasteiger partial charge in [0.25, 0.3) is 5.91 Å². The molecular formula is C17H26N2O5S. The molecule has 0 aliphatic rings. The second-order valence-electron chi connectivity index (χ2n) is 5.49. The van der Waals surface area contributed by atoms with Crippen molar-refractivity contribution in [3.8, 4) is 0 Å². The molecule has 1 amide bonds. The van der Waals surface area contributed by atoms with Crippen molar-refractivity contribution in [2.75, 3.05) is 26.2 Å². The molecule has 0 atom stereocenters. The lowest BCUT2D eigenvalue weighted by Gasteiger charge is -2.19. The predicted octanol–water partition coefficient (Wildman–Crippen LogP) is 1.71. The molecule has 0 aromatic heterocycles. The number of esters is 1. The van der Waals surface area contributed by atoms with Crippen LogP contribution in [0.15, 0.2) is 23.1 Å². The van der Waals surface area contributed by atoms with E-state index in [2.05, 4.69) is 5.32 Å². The Kier molecular flexibility index (Phi) is 8.05. The van der Waals surface area contributed by atoms with E-state index in [1.54, 1.807) is 26.8 Å². The Labute approximate surface area is 149 Å². The molecule has 0 unspecified atom stereocenters. The Hall–Kier alpha value is -1.93. The Morgan fingerprint density at radius 3 is 2.36 bits per heavy atom. The summed E-state index contributed by atoms with van der Waals surface area (Å²) in [5.74, 6) is -1.11. The molecule has 1 rings (SSSR count). The number of aryl methyl sites for hydroxylation is 1. The molecule has 1 N–H and O–H groups in total. The molecule has 0 fully saturated rings. The first kappa shape index (κ1) is 21.1. The highest BCUT2D eigenvalue weighted by molar-refractivity contribution is 7.89. The third-order valence-corrected chi connectivity index (χ3v) is 5.72. The summed E-state index contributed by atoms with van der Waals surface area (Å²) >= 11 is 0. The molecule has 0 aliphatic heterocycles. The van der Waals surface area contributed by atoms with E-state index in [-0.39, 0.29) is 16.4 Å². The van der Waals surface area contributed by atoms with Gasteiger partial charge < -0.3 is 10.1 Å². The molecule has 0 heterocycles. The third kappa shape index (κ3) is 5.54. The normalized spacial score (nSPS) is 11.4. The zero-order valence-corrected chi connectivity index (χ0v) is 16.0. The monoisotopic (exact) mass is 370 g/mol. The van der Waals surface area contributed by atoms with E-state index in [0.717, 1.165) is 6.42 Å². The van der Waals surface area contributed by atoms with E-state index in [4.69, 9.17) is 4.74 Å². The van der Waals surface area contributed by atoms with Crippen LogP contribution in [-0.4, -0.2) is 50.8 Å². The zero-order valence-electron chi connectivity index (χ0n) is 15.2. The van der Waals surface area contributed by atoms with Crippen LogP contribution in [-0.2, 0) is 19.6 Å². The van der Waals surface area contributed by atoms with Gasteiger partial charge in [0.15, 0.2) is 6.61 Å². The van der Waals surface area contributed by atoms with Crippen LogP contribution in [0.25, 0.3) is 0 Å². The molecule has 140 valence electrons. The molecule has 0 radical (unpaired) electrons. The van der Waals surface area contributed by atoms with Crippen molar-refractivity contribution in [2.24, 2.45) is 0 Å². The van der Waals surface area contributed by atoms with Crippen molar-refractivity contribution >= 4 is 21.9 Å². The van der Waals surface area contributed by atoms with Crippen molar-refractivity contribution < 1.29 is 22.7 Å². The molecule has 8 heteroatoms. The molecule has 7 nitrogen and oxygen atoms in total. The van der Waals surface area contributed by atoms with E-state index >= 15 is 0 Å². The van der Waals surface area contributed by atoms with Crippen molar-refractivity contribution in [1.29, 1.82) is 0 Å². The summed E-state index contributed by atoms with van der Waals surface area (Å²) in [6.45, 7) is 7.88. The number of hydrogen-bond donors (Lipinski definition) is 1. The number of amides is 1. The maximum absolute atomic E-state index is 12.6. The van der Waals surface area contributed by atoms with Gasteiger partial charge in [-0.05, 0) is 31.0 Å². The fourth-order valence-electron chi connectivity index (χ4n) is 2.22. The maximum atomic E-state index is 12.6. The van der Waals surface area contributed by atoms with E-state index in [0.29, 0.717) is 25.2 Å². The molecule has 0 spiro atoms. The van der Waals surface area contributed by atoms with Gasteiger partial charge in [-0.2, -0.15) is 4.31 Å². The Balaban J connectivity index is 2.98. The Morgan fingerprint density at radius 2 is 1.80 bits per heavy atom. The number of carbonyl (C=O) groups excluding carboxylic acids is 2. The highest BCUT2D eigenvalue weighted by Gasteiger charge is 2.24. The average Bonchev–Trinajstić information content (AvgIpc) is 2.58. The van der Waals surface area contributed by atoms with Gasteiger partial charge in [-0.15, -0.1) is 0 Å². The van der Waals surface area contributed by atoms with Crippen molar-refractivity contribution in [2.45, 2.75) is 39.0 Å². The second kappa shape index (κ2) is 9.53. The van der Waals surface area contributed by atoms with Crippen LogP contribution < -0.4 is 5.32 Å². The van der Waals surface area contributed by atoms with Crippen LogP contribution in [0.2, 0.25) is 0 Å². The predicted molar refractivity (Wildman–Crippen MR) is 94.9 cm³/mol. The summed E-state index contributed by atoms with van der Waals surface area (Å²) in [4.78, 5) is 23.8. The number of benzene rings is 1. The van der Waals surface area contributed by atoms with Gasteiger partial charge in [0, 0.05) is 19.6 Å². The molecule has 0 saturated heterocycles. The zero-order chi connectivity index (χ0) is 19.0. The van der Waals surface area contributed by atoms with Crippen LogP contribution in [0.3, 0.4) is 0 Å². The number of hydrogen-bond acceptors (Lipinski definition) is 5. The van der Waals surface area contributed by atoms with Crippen LogP contribution in [0, 0.1) is 6.92 Å². The molecule has 25 heavy (non-hydrogen) atoms. The van der Waals surface area contributed by atoms with Gasteiger partial charge in [0.1, 0.15) is 0 Å². The quantitative estimate of drug-likeness (QED) is 0.668. The first-order valence-corrected chi connectivity index (χ1v) is 9.76. The topological polar surface area (TPSA) is 92.8 Å². The fraction of sp³-hybridized carbons (Fsp3) is 0.529. The van der Waals surface area contributed by atoms with Crippen LogP contribution in [0.4, 0.5) is 0 Å². The van der Waals surface area contributed by atoms with E-state index in [1.807, 2.05) is 6.92 Å². The Morgan fingerprint density at radius 1 is 1.16 bits per heavy atom. The van der Waals surface area contributed by atoms with Gasteiger partial charge in [-0.25, -0.2) is 13.2 Å². The fourth-order valence-corrected chi connectivity index (χ4v) is 3.70. The SMILES string of the molecule is CCCNC(=O)COC(=O)c1cc(S(=O)(=O)N(CC)CC)ccc1C. The van der Waals surface area contributed by atoms with E-state index < -0.39 is 22.6 Å². The van der Waals surface area contributed by atoms with Crippen molar-refractivity contribution in [1.82, 2.24) is 9.62 Å². The van der Waals surface area contributed by atoms with Gasteiger partial charge in [0.2, 0.25) is 10.0 Å². The largest absolute Gasteiger partial charge is 0.452 e. The minimum atomic E-state index is -3.67. The second-order valence-corrected chi connectivity index (χ2v) is 7.43. The van der Waals surface area contributed by atoms with E-state index in [1.165, 1.54) is 16.4 Å². The highest BCUT2D eigenvalue weighted by Crippen LogP contribution is 2.20. The lowest BCUT2D eigenvalue weighted by atomic mass is 10.1. The number of rotatable bonds is 9. The number of carbonyl (C=O) groups is 2. The Bertz CT molecular complexity index is 712. The average molecular weight is 370 g/mol. The summed E-state index contributed by atoms with van der Waals surface area (Å²) in [6.07, 6.45) is 0.782. The van der Waals surface area contributed by atoms with Crippen LogP contribution >= 0.6 is 0 Å².